The monoisotopic (exact) mass is 191 g/mol. The predicted molar refractivity (Wildman–Crippen MR) is 43.6 cm³/mol. The average molecular weight is 192 g/mol. The van der Waals surface area contributed by atoms with Crippen molar-refractivity contribution in [2.45, 2.75) is 42.8 Å². The van der Waals surface area contributed by atoms with Gasteiger partial charge in [0.1, 0.15) is 6.07 Å². The number of halogens is 2. The first-order valence-electron chi connectivity index (χ1n) is 3.90. The minimum atomic E-state index is -2.02. The van der Waals surface area contributed by atoms with E-state index in [1.807, 2.05) is 0 Å². The van der Waals surface area contributed by atoms with Crippen LogP contribution in [0.1, 0.15) is 26.2 Å². The zero-order valence-corrected chi connectivity index (χ0v) is 7.60. The van der Waals surface area contributed by atoms with Crippen LogP contribution in [0.2, 0.25) is 0 Å². The lowest BCUT2D eigenvalue weighted by atomic mass is 9.74. The van der Waals surface area contributed by atoms with Gasteiger partial charge in [-0.15, -0.1) is 11.6 Å². The SMILES string of the molecule is CC1(F)CCC[C@H](Cl)[C@]1(O)C#N. The number of alkyl halides is 2. The standard InChI is InChI=1S/C8H11ClFNO/c1-7(10)4-2-3-6(9)8(7,12)5-11/h6,12H,2-4H2,1H3/t6-,7?,8+/m0/s1. The molecule has 0 aliphatic heterocycles. The van der Waals surface area contributed by atoms with E-state index in [0.717, 1.165) is 0 Å². The molecular formula is C8H11ClFNO. The molecule has 0 aromatic heterocycles. The van der Waals surface area contributed by atoms with Gasteiger partial charge in [-0.05, 0) is 26.2 Å². The van der Waals surface area contributed by atoms with Crippen LogP contribution in [0.4, 0.5) is 4.39 Å². The fourth-order valence-electron chi connectivity index (χ4n) is 1.53. The van der Waals surface area contributed by atoms with Crippen molar-refractivity contribution in [3.05, 3.63) is 0 Å². The molecule has 0 spiro atoms. The zero-order valence-electron chi connectivity index (χ0n) is 6.85. The van der Waals surface area contributed by atoms with Crippen LogP contribution < -0.4 is 0 Å². The molecule has 1 aliphatic carbocycles. The Bertz CT molecular complexity index is 226. The third kappa shape index (κ3) is 1.19. The fourth-order valence-corrected chi connectivity index (χ4v) is 1.96. The molecule has 0 aromatic rings. The summed E-state index contributed by atoms with van der Waals surface area (Å²) >= 11 is 5.70. The van der Waals surface area contributed by atoms with Gasteiger partial charge in [0.2, 0.25) is 5.60 Å². The van der Waals surface area contributed by atoms with Gasteiger partial charge in [0, 0.05) is 0 Å². The van der Waals surface area contributed by atoms with Crippen LogP contribution in [0, 0.1) is 11.3 Å². The molecule has 1 fully saturated rings. The third-order valence-corrected chi connectivity index (χ3v) is 3.06. The Morgan fingerprint density at radius 2 is 2.33 bits per heavy atom. The summed E-state index contributed by atoms with van der Waals surface area (Å²) in [4.78, 5) is 0. The Balaban J connectivity index is 2.98. The van der Waals surface area contributed by atoms with Crippen molar-refractivity contribution < 1.29 is 9.50 Å². The second-order valence-corrected chi connectivity index (χ2v) is 3.96. The third-order valence-electron chi connectivity index (χ3n) is 2.52. The van der Waals surface area contributed by atoms with Crippen molar-refractivity contribution in [2.75, 3.05) is 0 Å². The predicted octanol–water partition coefficient (Wildman–Crippen LogP) is 1.76. The van der Waals surface area contributed by atoms with E-state index in [-0.39, 0.29) is 6.42 Å². The highest BCUT2D eigenvalue weighted by molar-refractivity contribution is 6.21. The second kappa shape index (κ2) is 2.86. The summed E-state index contributed by atoms with van der Waals surface area (Å²) in [6.07, 6.45) is 1.30. The summed E-state index contributed by atoms with van der Waals surface area (Å²) < 4.78 is 13.6. The average Bonchev–Trinajstić information content (AvgIpc) is 2.00. The molecule has 1 N–H and O–H groups in total. The molecular weight excluding hydrogens is 181 g/mol. The molecule has 0 bridgehead atoms. The number of hydrogen-bond donors (Lipinski definition) is 1. The molecule has 0 amide bonds. The molecule has 3 atom stereocenters. The molecule has 0 saturated heterocycles. The van der Waals surface area contributed by atoms with Gasteiger partial charge in [-0.1, -0.05) is 0 Å². The summed E-state index contributed by atoms with van der Waals surface area (Å²) in [5.74, 6) is 0. The highest BCUT2D eigenvalue weighted by atomic mass is 35.5. The lowest BCUT2D eigenvalue weighted by Gasteiger charge is -2.40. The second-order valence-electron chi connectivity index (χ2n) is 3.44. The van der Waals surface area contributed by atoms with Crippen LogP contribution >= 0.6 is 11.6 Å². The van der Waals surface area contributed by atoms with Crippen molar-refractivity contribution >= 4 is 11.6 Å². The van der Waals surface area contributed by atoms with Crippen molar-refractivity contribution in [3.63, 3.8) is 0 Å². The number of nitrogens with zero attached hydrogens (tertiary/aromatic N) is 1. The molecule has 1 aliphatic rings. The van der Waals surface area contributed by atoms with Crippen LogP contribution in [0.5, 0.6) is 0 Å². The molecule has 1 rings (SSSR count). The van der Waals surface area contributed by atoms with Crippen molar-refractivity contribution in [1.29, 1.82) is 5.26 Å². The Hall–Kier alpha value is -0.330. The van der Waals surface area contributed by atoms with E-state index in [4.69, 9.17) is 16.9 Å². The number of aliphatic hydroxyl groups is 1. The van der Waals surface area contributed by atoms with E-state index in [0.29, 0.717) is 12.8 Å². The zero-order chi connectivity index (χ0) is 9.41. The van der Waals surface area contributed by atoms with Gasteiger partial charge in [0.15, 0.2) is 5.67 Å². The molecule has 1 saturated carbocycles. The van der Waals surface area contributed by atoms with E-state index in [2.05, 4.69) is 0 Å². The van der Waals surface area contributed by atoms with Crippen LogP contribution in [0.15, 0.2) is 0 Å². The number of hydrogen-bond acceptors (Lipinski definition) is 2. The van der Waals surface area contributed by atoms with E-state index in [9.17, 15) is 9.50 Å². The normalized spacial score (nSPS) is 48.4. The van der Waals surface area contributed by atoms with Gasteiger partial charge in [-0.25, -0.2) is 4.39 Å². The maximum atomic E-state index is 13.6. The Labute approximate surface area is 75.9 Å². The molecule has 1 unspecified atom stereocenters. The number of rotatable bonds is 0. The quantitative estimate of drug-likeness (QED) is 0.469. The smallest absolute Gasteiger partial charge is 0.201 e. The minimum absolute atomic E-state index is 0.195. The topological polar surface area (TPSA) is 44.0 Å². The van der Waals surface area contributed by atoms with Gasteiger partial charge in [0.05, 0.1) is 5.38 Å². The lowest BCUT2D eigenvalue weighted by molar-refractivity contribution is -0.0772. The Morgan fingerprint density at radius 3 is 2.67 bits per heavy atom. The van der Waals surface area contributed by atoms with E-state index in [1.54, 1.807) is 6.07 Å². The van der Waals surface area contributed by atoms with E-state index < -0.39 is 16.6 Å². The fraction of sp³-hybridized carbons (Fsp3) is 0.875. The van der Waals surface area contributed by atoms with Crippen LogP contribution in [0.3, 0.4) is 0 Å². The lowest BCUT2D eigenvalue weighted by Crippen LogP contribution is -2.57. The van der Waals surface area contributed by atoms with Gasteiger partial charge in [-0.3, -0.25) is 0 Å². The number of nitriles is 1. The largest absolute Gasteiger partial charge is 0.371 e. The maximum absolute atomic E-state index is 13.6. The first kappa shape index (κ1) is 9.76. The minimum Gasteiger partial charge on any atom is -0.371 e. The van der Waals surface area contributed by atoms with Crippen molar-refractivity contribution in [1.82, 2.24) is 0 Å². The summed E-state index contributed by atoms with van der Waals surface area (Å²) in [5, 5.41) is 17.4. The highest BCUT2D eigenvalue weighted by Gasteiger charge is 2.55. The van der Waals surface area contributed by atoms with Gasteiger partial charge >= 0.3 is 0 Å². The molecule has 2 nitrogen and oxygen atoms in total. The van der Waals surface area contributed by atoms with Crippen LogP contribution in [0.25, 0.3) is 0 Å². The van der Waals surface area contributed by atoms with Gasteiger partial charge in [-0.2, -0.15) is 5.26 Å². The van der Waals surface area contributed by atoms with Gasteiger partial charge in [0.25, 0.3) is 0 Å². The molecule has 0 radical (unpaired) electrons. The first-order chi connectivity index (χ1) is 5.44. The molecule has 68 valence electrons. The summed E-state index contributed by atoms with van der Waals surface area (Å²) in [5.41, 5.74) is -3.90. The maximum Gasteiger partial charge on any atom is 0.201 e. The summed E-state index contributed by atoms with van der Waals surface area (Å²) in [6.45, 7) is 1.23. The molecule has 4 heteroatoms. The van der Waals surface area contributed by atoms with E-state index in [1.165, 1.54) is 6.92 Å². The summed E-state index contributed by atoms with van der Waals surface area (Å²) in [6, 6.07) is 1.57. The van der Waals surface area contributed by atoms with Gasteiger partial charge < -0.3 is 5.11 Å². The van der Waals surface area contributed by atoms with E-state index >= 15 is 0 Å². The highest BCUT2D eigenvalue weighted by Crippen LogP contribution is 2.42. The first-order valence-corrected chi connectivity index (χ1v) is 4.34. The van der Waals surface area contributed by atoms with Crippen LogP contribution in [-0.2, 0) is 0 Å². The van der Waals surface area contributed by atoms with Crippen LogP contribution in [-0.4, -0.2) is 21.8 Å². The molecule has 0 heterocycles. The molecule has 0 aromatic carbocycles. The van der Waals surface area contributed by atoms with Crippen molar-refractivity contribution in [3.8, 4) is 6.07 Å². The Kier molecular flexibility index (Phi) is 2.33. The molecule has 12 heavy (non-hydrogen) atoms. The summed E-state index contributed by atoms with van der Waals surface area (Å²) in [7, 11) is 0. The Morgan fingerprint density at radius 1 is 1.75 bits per heavy atom. The van der Waals surface area contributed by atoms with Crippen molar-refractivity contribution in [2.24, 2.45) is 0 Å².